The molecule has 0 aromatic heterocycles. The Labute approximate surface area is 116 Å². The van der Waals surface area contributed by atoms with Crippen LogP contribution >= 0.6 is 0 Å². The second kappa shape index (κ2) is 6.99. The topological polar surface area (TPSA) is 104 Å². The third kappa shape index (κ3) is 4.61. The third-order valence-electron chi connectivity index (χ3n) is 2.48. The average Bonchev–Trinajstić information content (AvgIpc) is 2.37. The summed E-state index contributed by atoms with van der Waals surface area (Å²) in [5.74, 6) is -0.276. The molecule has 1 aromatic rings. The summed E-state index contributed by atoms with van der Waals surface area (Å²) < 4.78 is 28.1. The number of benzene rings is 1. The predicted molar refractivity (Wildman–Crippen MR) is 72.9 cm³/mol. The minimum Gasteiger partial charge on any atom is -0.486 e. The SMILES string of the molecule is CCCS(=O)(=O)CCOc1cc(C=O)ccc1[N+](=O)[O-]. The molecule has 0 fully saturated rings. The van der Waals surface area contributed by atoms with E-state index < -0.39 is 14.8 Å². The van der Waals surface area contributed by atoms with Gasteiger partial charge < -0.3 is 4.74 Å². The number of ether oxygens (including phenoxy) is 1. The quantitative estimate of drug-likeness (QED) is 0.410. The van der Waals surface area contributed by atoms with Crippen LogP contribution in [0.3, 0.4) is 0 Å². The Morgan fingerprint density at radius 3 is 2.60 bits per heavy atom. The first-order valence-corrected chi connectivity index (χ1v) is 7.78. The zero-order chi connectivity index (χ0) is 15.2. The first kappa shape index (κ1) is 16.1. The van der Waals surface area contributed by atoms with Gasteiger partial charge in [-0.1, -0.05) is 6.92 Å². The molecule has 0 unspecified atom stereocenters. The first-order chi connectivity index (χ1) is 9.39. The minimum absolute atomic E-state index is 0.0484. The maximum absolute atomic E-state index is 11.5. The van der Waals surface area contributed by atoms with Crippen LogP contribution in [0, 0.1) is 10.1 Å². The van der Waals surface area contributed by atoms with Crippen molar-refractivity contribution in [3.63, 3.8) is 0 Å². The highest BCUT2D eigenvalue weighted by molar-refractivity contribution is 7.91. The van der Waals surface area contributed by atoms with Gasteiger partial charge in [0.2, 0.25) is 0 Å². The Morgan fingerprint density at radius 1 is 1.35 bits per heavy atom. The van der Waals surface area contributed by atoms with Gasteiger partial charge in [0, 0.05) is 11.6 Å². The summed E-state index contributed by atoms with van der Waals surface area (Å²) in [5, 5.41) is 10.8. The van der Waals surface area contributed by atoms with E-state index in [9.17, 15) is 23.3 Å². The Balaban J connectivity index is 2.81. The summed E-state index contributed by atoms with van der Waals surface area (Å²) >= 11 is 0. The number of aldehydes is 1. The first-order valence-electron chi connectivity index (χ1n) is 5.96. The van der Waals surface area contributed by atoms with E-state index >= 15 is 0 Å². The van der Waals surface area contributed by atoms with Gasteiger partial charge >= 0.3 is 5.69 Å². The molecule has 0 atom stereocenters. The maximum Gasteiger partial charge on any atom is 0.310 e. The summed E-state index contributed by atoms with van der Waals surface area (Å²) in [7, 11) is -3.21. The number of nitrogens with zero attached hydrogens (tertiary/aromatic N) is 1. The van der Waals surface area contributed by atoms with Gasteiger partial charge in [-0.25, -0.2) is 8.42 Å². The molecule has 8 heteroatoms. The molecule has 0 saturated heterocycles. The Morgan fingerprint density at radius 2 is 2.05 bits per heavy atom. The smallest absolute Gasteiger partial charge is 0.310 e. The molecule has 20 heavy (non-hydrogen) atoms. The van der Waals surface area contributed by atoms with E-state index in [1.165, 1.54) is 12.1 Å². The largest absolute Gasteiger partial charge is 0.486 e. The predicted octanol–water partition coefficient (Wildman–Crippen LogP) is 1.61. The molecule has 7 nitrogen and oxygen atoms in total. The number of sulfone groups is 1. The van der Waals surface area contributed by atoms with Crippen LogP contribution in [-0.4, -0.2) is 37.7 Å². The molecule has 0 aliphatic rings. The lowest BCUT2D eigenvalue weighted by Crippen LogP contribution is -2.17. The van der Waals surface area contributed by atoms with Gasteiger partial charge in [-0.05, 0) is 18.6 Å². The minimum atomic E-state index is -3.21. The number of rotatable bonds is 8. The molecular weight excluding hydrogens is 286 g/mol. The Kier molecular flexibility index (Phi) is 5.63. The van der Waals surface area contributed by atoms with Crippen molar-refractivity contribution in [1.82, 2.24) is 0 Å². The second-order valence-corrected chi connectivity index (χ2v) is 6.41. The number of nitro benzene ring substituents is 1. The fourth-order valence-electron chi connectivity index (χ4n) is 1.56. The lowest BCUT2D eigenvalue weighted by molar-refractivity contribution is -0.385. The van der Waals surface area contributed by atoms with Crippen molar-refractivity contribution in [1.29, 1.82) is 0 Å². The van der Waals surface area contributed by atoms with Crippen molar-refractivity contribution in [3.05, 3.63) is 33.9 Å². The number of carbonyl (C=O) groups is 1. The van der Waals surface area contributed by atoms with E-state index in [0.717, 1.165) is 6.07 Å². The molecule has 0 amide bonds. The Hall–Kier alpha value is -1.96. The van der Waals surface area contributed by atoms with Crippen molar-refractivity contribution in [3.8, 4) is 5.75 Å². The molecule has 0 bridgehead atoms. The van der Waals surface area contributed by atoms with Crippen LogP contribution < -0.4 is 4.74 Å². The average molecular weight is 301 g/mol. The van der Waals surface area contributed by atoms with E-state index in [-0.39, 0.29) is 35.1 Å². The van der Waals surface area contributed by atoms with Crippen LogP contribution in [0.15, 0.2) is 18.2 Å². The monoisotopic (exact) mass is 301 g/mol. The van der Waals surface area contributed by atoms with E-state index in [1.54, 1.807) is 6.92 Å². The fraction of sp³-hybridized carbons (Fsp3) is 0.417. The summed E-state index contributed by atoms with van der Waals surface area (Å²) in [4.78, 5) is 20.8. The van der Waals surface area contributed by atoms with Crippen LogP contribution in [-0.2, 0) is 9.84 Å². The van der Waals surface area contributed by atoms with E-state index in [4.69, 9.17) is 4.74 Å². The molecule has 0 aliphatic carbocycles. The normalized spacial score (nSPS) is 11.1. The van der Waals surface area contributed by atoms with Gasteiger partial charge in [-0.15, -0.1) is 0 Å². The van der Waals surface area contributed by atoms with E-state index in [1.807, 2.05) is 0 Å². The van der Waals surface area contributed by atoms with Gasteiger partial charge in [0.1, 0.15) is 12.9 Å². The number of hydrogen-bond acceptors (Lipinski definition) is 6. The van der Waals surface area contributed by atoms with Crippen molar-refractivity contribution >= 4 is 21.8 Å². The zero-order valence-corrected chi connectivity index (χ0v) is 11.8. The third-order valence-corrected chi connectivity index (χ3v) is 4.30. The molecule has 0 aliphatic heterocycles. The summed E-state index contributed by atoms with van der Waals surface area (Å²) in [6.45, 7) is 1.56. The molecule has 0 heterocycles. The van der Waals surface area contributed by atoms with Gasteiger partial charge in [-0.3, -0.25) is 14.9 Å². The highest BCUT2D eigenvalue weighted by atomic mass is 32.2. The molecular formula is C12H15NO6S. The van der Waals surface area contributed by atoms with Crippen LogP contribution in [0.1, 0.15) is 23.7 Å². The van der Waals surface area contributed by atoms with Crippen LogP contribution in [0.5, 0.6) is 5.75 Å². The molecule has 0 N–H and O–H groups in total. The number of nitro groups is 1. The van der Waals surface area contributed by atoms with Crippen molar-refractivity contribution in [2.75, 3.05) is 18.1 Å². The summed E-state index contributed by atoms with van der Waals surface area (Å²) in [5.41, 5.74) is -0.0782. The van der Waals surface area contributed by atoms with Gasteiger partial charge in [-0.2, -0.15) is 0 Å². The van der Waals surface area contributed by atoms with Crippen molar-refractivity contribution < 1.29 is 22.9 Å². The van der Waals surface area contributed by atoms with E-state index in [2.05, 4.69) is 0 Å². The molecule has 0 radical (unpaired) electrons. The Bertz CT molecular complexity index is 596. The molecule has 110 valence electrons. The zero-order valence-electron chi connectivity index (χ0n) is 10.9. The number of hydrogen-bond donors (Lipinski definition) is 0. The van der Waals surface area contributed by atoms with Gasteiger partial charge in [0.15, 0.2) is 15.6 Å². The van der Waals surface area contributed by atoms with Crippen LogP contribution in [0.25, 0.3) is 0 Å². The van der Waals surface area contributed by atoms with E-state index in [0.29, 0.717) is 12.7 Å². The highest BCUT2D eigenvalue weighted by Gasteiger charge is 2.17. The summed E-state index contributed by atoms with van der Waals surface area (Å²) in [6.07, 6.45) is 1.04. The van der Waals surface area contributed by atoms with Gasteiger partial charge in [0.05, 0.1) is 16.4 Å². The molecule has 0 saturated carbocycles. The summed E-state index contributed by atoms with van der Waals surface area (Å²) in [6, 6.07) is 3.67. The lowest BCUT2D eigenvalue weighted by Gasteiger charge is -2.07. The standard InChI is InChI=1S/C12H15NO6S/c1-2-6-20(17,18)7-5-19-12-8-10(9-14)3-4-11(12)13(15)16/h3-4,8-9H,2,5-7H2,1H3. The highest BCUT2D eigenvalue weighted by Crippen LogP contribution is 2.27. The molecule has 1 rings (SSSR count). The van der Waals surface area contributed by atoms with Crippen molar-refractivity contribution in [2.24, 2.45) is 0 Å². The lowest BCUT2D eigenvalue weighted by atomic mass is 10.2. The molecule has 0 spiro atoms. The molecule has 1 aromatic carbocycles. The van der Waals surface area contributed by atoms with Crippen molar-refractivity contribution in [2.45, 2.75) is 13.3 Å². The van der Waals surface area contributed by atoms with Gasteiger partial charge in [0.25, 0.3) is 0 Å². The fourth-order valence-corrected chi connectivity index (χ4v) is 2.73. The second-order valence-electron chi connectivity index (χ2n) is 4.10. The maximum atomic E-state index is 11.5. The van der Waals surface area contributed by atoms with Crippen LogP contribution in [0.4, 0.5) is 5.69 Å². The van der Waals surface area contributed by atoms with Crippen LogP contribution in [0.2, 0.25) is 0 Å². The number of carbonyl (C=O) groups excluding carboxylic acids is 1.